The summed E-state index contributed by atoms with van der Waals surface area (Å²) in [6.45, 7) is 0.685. The predicted molar refractivity (Wildman–Crippen MR) is 204 cm³/mol. The number of aromatic nitrogens is 4. The first-order valence-electron chi connectivity index (χ1n) is 17.4. The summed E-state index contributed by atoms with van der Waals surface area (Å²) in [7, 11) is 0. The lowest BCUT2D eigenvalue weighted by Crippen LogP contribution is -2.13. The van der Waals surface area contributed by atoms with Crippen LogP contribution in [0.3, 0.4) is 0 Å². The first-order valence-corrected chi connectivity index (χ1v) is 17.4. The van der Waals surface area contributed by atoms with E-state index in [0.29, 0.717) is 24.2 Å². The molecule has 2 aliphatic rings. The number of fused-ring (bicyclic) bond motifs is 6. The number of carbonyl (C=O) groups is 2. The molecule has 0 atom stereocenters. The molecule has 2 aromatic heterocycles. The van der Waals surface area contributed by atoms with Gasteiger partial charge < -0.3 is 9.47 Å². The van der Waals surface area contributed by atoms with Crippen LogP contribution in [-0.4, -0.2) is 55.7 Å². The minimum atomic E-state index is -0.549. The van der Waals surface area contributed by atoms with Crippen LogP contribution in [0.25, 0.3) is 11.4 Å². The van der Waals surface area contributed by atoms with Crippen LogP contribution < -0.4 is 0 Å². The van der Waals surface area contributed by atoms with Gasteiger partial charge in [-0.1, -0.05) is 72.5 Å². The maximum absolute atomic E-state index is 13.3. The number of hydrogen-bond acceptors (Lipinski definition) is 8. The largest absolute Gasteiger partial charge is 0.461 e. The minimum absolute atomic E-state index is 0.122. The average Bonchev–Trinajstić information content (AvgIpc) is 3.76. The van der Waals surface area contributed by atoms with Crippen LogP contribution in [0.2, 0.25) is 0 Å². The first-order chi connectivity index (χ1) is 26.5. The molecule has 54 heavy (non-hydrogen) atoms. The Balaban J connectivity index is 0.907. The monoisotopic (exact) mass is 708 g/mol. The molecule has 262 valence electrons. The minimum Gasteiger partial charge on any atom is -0.461 e. The molecule has 0 aliphatic carbocycles. The summed E-state index contributed by atoms with van der Waals surface area (Å²) in [5, 5.41) is 0. The zero-order chi connectivity index (χ0) is 37.0. The van der Waals surface area contributed by atoms with Crippen molar-refractivity contribution in [3.05, 3.63) is 166 Å². The van der Waals surface area contributed by atoms with E-state index in [-0.39, 0.29) is 37.7 Å². The van der Waals surface area contributed by atoms with Crippen LogP contribution in [0.1, 0.15) is 78.6 Å². The molecule has 2 aliphatic heterocycles. The number of benzene rings is 4. The van der Waals surface area contributed by atoms with E-state index in [1.165, 1.54) is 0 Å². The van der Waals surface area contributed by atoms with Crippen molar-refractivity contribution in [2.24, 2.45) is 9.98 Å². The number of hydrogen-bond donors (Lipinski definition) is 0. The van der Waals surface area contributed by atoms with Gasteiger partial charge in [-0.25, -0.2) is 19.6 Å². The van der Waals surface area contributed by atoms with Gasteiger partial charge in [0, 0.05) is 33.4 Å². The van der Waals surface area contributed by atoms with E-state index in [9.17, 15) is 9.59 Å². The molecule has 0 N–H and O–H groups in total. The van der Waals surface area contributed by atoms with Crippen LogP contribution in [0, 0.1) is 24.7 Å². The second kappa shape index (κ2) is 14.7. The van der Waals surface area contributed by atoms with E-state index >= 15 is 0 Å². The SMILES string of the molecule is C#Cc1ccc2c(c1)C(c1ccccc1)=NCc1c(C(=O)OCCCCOC(=O)c3ncn4c3CN=C(c3ccccc3)c3cc(C#C)ccc3-4)ncn1-2. The number of ether oxygens (including phenoxy) is 2. The normalized spacial score (nSPS) is 12.6. The van der Waals surface area contributed by atoms with Gasteiger partial charge in [-0.05, 0) is 49.2 Å². The van der Waals surface area contributed by atoms with Crippen LogP contribution in [0.4, 0.5) is 0 Å². The number of imidazole rings is 2. The average molecular weight is 709 g/mol. The summed E-state index contributed by atoms with van der Waals surface area (Å²) in [5.41, 5.74) is 9.85. The Morgan fingerprint density at radius 1 is 0.611 bits per heavy atom. The Kier molecular flexibility index (Phi) is 9.23. The van der Waals surface area contributed by atoms with Crippen molar-refractivity contribution < 1.29 is 19.1 Å². The van der Waals surface area contributed by atoms with E-state index in [1.807, 2.05) is 106 Å². The van der Waals surface area contributed by atoms with Gasteiger partial charge in [0.1, 0.15) is 12.7 Å². The smallest absolute Gasteiger partial charge is 0.358 e. The zero-order valence-electron chi connectivity index (χ0n) is 29.1. The lowest BCUT2D eigenvalue weighted by Gasteiger charge is -2.12. The standard InChI is InChI=1S/C44H32N6O4/c1-3-29-17-19-35-33(23-29)39(31-13-7-5-8-14-31)45-25-37-41(47-27-49(35)37)43(51)53-21-11-12-22-54-44(52)42-38-26-46-40(32-15-9-6-10-16-32)34-24-30(4-2)18-20-36(34)50(38)28-48-42/h1-2,5-10,13-20,23-24,27-28H,11-12,21-22,25-26H2. The molecule has 4 aromatic carbocycles. The topological polar surface area (TPSA) is 113 Å². The number of esters is 2. The van der Waals surface area contributed by atoms with Crippen LogP contribution in [0.15, 0.2) is 120 Å². The Morgan fingerprint density at radius 2 is 1.04 bits per heavy atom. The summed E-state index contributed by atoms with van der Waals surface area (Å²) < 4.78 is 15.0. The van der Waals surface area contributed by atoms with Crippen LogP contribution in [-0.2, 0) is 22.6 Å². The summed E-state index contributed by atoms with van der Waals surface area (Å²) in [6, 6.07) is 31.1. The quantitative estimate of drug-likeness (QED) is 0.0961. The molecule has 0 saturated heterocycles. The van der Waals surface area contributed by atoms with E-state index < -0.39 is 11.9 Å². The second-order valence-electron chi connectivity index (χ2n) is 12.6. The lowest BCUT2D eigenvalue weighted by molar-refractivity contribution is 0.0424. The van der Waals surface area contributed by atoms with E-state index in [1.54, 1.807) is 12.7 Å². The predicted octanol–water partition coefficient (Wildman–Crippen LogP) is 6.52. The van der Waals surface area contributed by atoms with Crippen molar-refractivity contribution in [2.75, 3.05) is 13.2 Å². The fourth-order valence-electron chi connectivity index (χ4n) is 6.69. The molecule has 10 nitrogen and oxygen atoms in total. The van der Waals surface area contributed by atoms with Crippen molar-refractivity contribution in [2.45, 2.75) is 25.9 Å². The fourth-order valence-corrected chi connectivity index (χ4v) is 6.69. The number of aliphatic imine (C=N–C) groups is 2. The highest BCUT2D eigenvalue weighted by Crippen LogP contribution is 2.30. The lowest BCUT2D eigenvalue weighted by atomic mass is 9.98. The van der Waals surface area contributed by atoms with Crippen molar-refractivity contribution >= 4 is 23.4 Å². The molecule has 0 fully saturated rings. The molecule has 0 amide bonds. The van der Waals surface area contributed by atoms with Crippen molar-refractivity contribution in [3.8, 4) is 36.1 Å². The number of rotatable bonds is 9. The van der Waals surface area contributed by atoms with Crippen LogP contribution >= 0.6 is 0 Å². The summed E-state index contributed by atoms with van der Waals surface area (Å²) >= 11 is 0. The van der Waals surface area contributed by atoms with Gasteiger partial charge in [0.25, 0.3) is 0 Å². The number of terminal acetylenes is 2. The zero-order valence-corrected chi connectivity index (χ0v) is 29.1. The van der Waals surface area contributed by atoms with Crippen molar-refractivity contribution in [3.63, 3.8) is 0 Å². The molecular weight excluding hydrogens is 677 g/mol. The Labute approximate surface area is 311 Å². The van der Waals surface area contributed by atoms with Gasteiger partial charge in [0.05, 0.1) is 60.5 Å². The Bertz CT molecular complexity index is 2390. The summed E-state index contributed by atoms with van der Waals surface area (Å²) in [6.07, 6.45) is 15.6. The molecule has 6 aromatic rings. The number of unbranched alkanes of at least 4 members (excludes halogenated alkanes) is 1. The molecule has 0 radical (unpaired) electrons. The summed E-state index contributed by atoms with van der Waals surface area (Å²) in [4.78, 5) is 45.2. The molecule has 8 rings (SSSR count). The third-order valence-electron chi connectivity index (χ3n) is 9.35. The molecule has 10 heteroatoms. The molecule has 0 unspecified atom stereocenters. The van der Waals surface area contributed by atoms with Gasteiger partial charge in [0.2, 0.25) is 0 Å². The van der Waals surface area contributed by atoms with Gasteiger partial charge in [0.15, 0.2) is 11.4 Å². The van der Waals surface area contributed by atoms with Gasteiger partial charge in [-0.15, -0.1) is 12.8 Å². The Hall–Kier alpha value is -7.30. The Morgan fingerprint density at radius 3 is 1.44 bits per heavy atom. The number of carbonyl (C=O) groups excluding carboxylic acids is 2. The maximum atomic E-state index is 13.3. The number of nitrogens with zero attached hydrogens (tertiary/aromatic N) is 6. The molecule has 0 saturated carbocycles. The fraction of sp³-hybridized carbons (Fsp3) is 0.136. The van der Waals surface area contributed by atoms with Gasteiger partial charge in [-0.2, -0.15) is 0 Å². The molecule has 0 spiro atoms. The van der Waals surface area contributed by atoms with E-state index in [0.717, 1.165) is 56.2 Å². The van der Waals surface area contributed by atoms with Crippen molar-refractivity contribution in [1.82, 2.24) is 19.1 Å². The van der Waals surface area contributed by atoms with E-state index in [2.05, 4.69) is 21.8 Å². The third kappa shape index (κ3) is 6.38. The van der Waals surface area contributed by atoms with Crippen LogP contribution in [0.5, 0.6) is 0 Å². The second-order valence-corrected chi connectivity index (χ2v) is 12.6. The molecule has 0 bridgehead atoms. The highest BCUT2D eigenvalue weighted by atomic mass is 16.5. The van der Waals surface area contributed by atoms with Crippen molar-refractivity contribution in [1.29, 1.82) is 0 Å². The highest BCUT2D eigenvalue weighted by molar-refractivity contribution is 6.16. The van der Waals surface area contributed by atoms with Gasteiger partial charge in [-0.3, -0.25) is 19.1 Å². The molecular formula is C44H32N6O4. The third-order valence-corrected chi connectivity index (χ3v) is 9.35. The summed E-state index contributed by atoms with van der Waals surface area (Å²) in [5.74, 6) is 4.30. The molecule has 4 heterocycles. The van der Waals surface area contributed by atoms with E-state index in [4.69, 9.17) is 32.3 Å². The highest BCUT2D eigenvalue weighted by Gasteiger charge is 2.27. The maximum Gasteiger partial charge on any atom is 0.358 e. The van der Waals surface area contributed by atoms with Gasteiger partial charge >= 0.3 is 11.9 Å². The first kappa shape index (κ1) is 33.8.